The SMILES string of the molecule is COc1ccccc1N1C(=O)[C@H]2CC(C)=CC(C)[C@H]2C1=O. The molecule has 21 heavy (non-hydrogen) atoms. The summed E-state index contributed by atoms with van der Waals surface area (Å²) in [6, 6.07) is 7.17. The van der Waals surface area contributed by atoms with Crippen LogP contribution in [0.15, 0.2) is 35.9 Å². The highest BCUT2D eigenvalue weighted by Gasteiger charge is 2.51. The lowest BCUT2D eigenvalue weighted by molar-refractivity contribution is -0.122. The zero-order chi connectivity index (χ0) is 15.1. The predicted octanol–water partition coefficient (Wildman–Crippen LogP) is 2.79. The van der Waals surface area contributed by atoms with Crippen molar-refractivity contribution in [3.63, 3.8) is 0 Å². The smallest absolute Gasteiger partial charge is 0.238 e. The van der Waals surface area contributed by atoms with E-state index in [-0.39, 0.29) is 29.6 Å². The molecule has 0 saturated carbocycles. The number of ether oxygens (including phenoxy) is 1. The van der Waals surface area contributed by atoms with Crippen LogP contribution in [0.2, 0.25) is 0 Å². The summed E-state index contributed by atoms with van der Waals surface area (Å²) in [4.78, 5) is 26.8. The number of anilines is 1. The van der Waals surface area contributed by atoms with Crippen LogP contribution in [0.1, 0.15) is 20.3 Å². The van der Waals surface area contributed by atoms with Gasteiger partial charge in [0.15, 0.2) is 0 Å². The van der Waals surface area contributed by atoms with Crippen LogP contribution in [0.5, 0.6) is 5.75 Å². The number of carbonyl (C=O) groups excluding carboxylic acids is 2. The number of para-hydroxylation sites is 2. The van der Waals surface area contributed by atoms with Gasteiger partial charge in [-0.1, -0.05) is 30.7 Å². The summed E-state index contributed by atoms with van der Waals surface area (Å²) in [5.41, 5.74) is 1.74. The molecule has 110 valence electrons. The molecule has 1 aliphatic heterocycles. The topological polar surface area (TPSA) is 46.6 Å². The molecule has 0 aromatic heterocycles. The van der Waals surface area contributed by atoms with E-state index in [4.69, 9.17) is 4.74 Å². The van der Waals surface area contributed by atoms with Crippen molar-refractivity contribution in [2.45, 2.75) is 20.3 Å². The molecule has 1 fully saturated rings. The molecule has 3 atom stereocenters. The minimum absolute atomic E-state index is 0.0971. The van der Waals surface area contributed by atoms with E-state index in [1.54, 1.807) is 19.2 Å². The van der Waals surface area contributed by atoms with Crippen LogP contribution < -0.4 is 9.64 Å². The summed E-state index contributed by atoms with van der Waals surface area (Å²) in [7, 11) is 1.55. The van der Waals surface area contributed by atoms with E-state index >= 15 is 0 Å². The van der Waals surface area contributed by atoms with E-state index in [1.807, 2.05) is 26.0 Å². The molecule has 1 heterocycles. The Morgan fingerprint density at radius 3 is 2.62 bits per heavy atom. The number of allylic oxidation sites excluding steroid dienone is 2. The van der Waals surface area contributed by atoms with Gasteiger partial charge in [0.25, 0.3) is 0 Å². The maximum absolute atomic E-state index is 12.8. The Morgan fingerprint density at radius 1 is 1.19 bits per heavy atom. The number of nitrogens with zero attached hydrogens (tertiary/aromatic N) is 1. The second-order valence-electron chi connectivity index (χ2n) is 5.89. The van der Waals surface area contributed by atoms with Gasteiger partial charge in [0, 0.05) is 0 Å². The standard InChI is InChI=1S/C17H19NO3/c1-10-8-11(2)15-12(9-10)16(19)18(17(15)20)13-6-4-5-7-14(13)21-3/h4-8,11-12,15H,9H2,1-3H3/t11?,12-,15+/m0/s1. The van der Waals surface area contributed by atoms with Crippen molar-refractivity contribution in [1.29, 1.82) is 0 Å². The molecule has 1 aromatic carbocycles. The largest absolute Gasteiger partial charge is 0.495 e. The van der Waals surface area contributed by atoms with E-state index in [1.165, 1.54) is 10.5 Å². The van der Waals surface area contributed by atoms with Crippen molar-refractivity contribution in [3.8, 4) is 5.75 Å². The van der Waals surface area contributed by atoms with Crippen LogP contribution in [-0.4, -0.2) is 18.9 Å². The normalized spacial score (nSPS) is 28.4. The van der Waals surface area contributed by atoms with Crippen molar-refractivity contribution in [2.75, 3.05) is 12.0 Å². The molecular weight excluding hydrogens is 266 g/mol. The second-order valence-corrected chi connectivity index (χ2v) is 5.89. The van der Waals surface area contributed by atoms with Gasteiger partial charge >= 0.3 is 0 Å². The monoisotopic (exact) mass is 285 g/mol. The van der Waals surface area contributed by atoms with Crippen molar-refractivity contribution in [2.24, 2.45) is 17.8 Å². The molecule has 3 rings (SSSR count). The first-order valence-corrected chi connectivity index (χ1v) is 7.22. The highest BCUT2D eigenvalue weighted by Crippen LogP contribution is 2.44. The lowest BCUT2D eigenvalue weighted by Gasteiger charge is -2.25. The van der Waals surface area contributed by atoms with Crippen LogP contribution >= 0.6 is 0 Å². The molecule has 1 aliphatic carbocycles. The van der Waals surface area contributed by atoms with Crippen LogP contribution in [0.3, 0.4) is 0 Å². The Balaban J connectivity index is 2.03. The van der Waals surface area contributed by atoms with E-state index in [0.29, 0.717) is 17.9 Å². The third kappa shape index (κ3) is 2.06. The van der Waals surface area contributed by atoms with Gasteiger partial charge in [-0.15, -0.1) is 0 Å². The Morgan fingerprint density at radius 2 is 1.90 bits per heavy atom. The number of hydrogen-bond donors (Lipinski definition) is 0. The van der Waals surface area contributed by atoms with E-state index in [2.05, 4.69) is 6.08 Å². The number of benzene rings is 1. The van der Waals surface area contributed by atoms with Gasteiger partial charge in [-0.2, -0.15) is 0 Å². The number of rotatable bonds is 2. The summed E-state index contributed by atoms with van der Waals surface area (Å²) >= 11 is 0. The molecule has 0 radical (unpaired) electrons. The number of methoxy groups -OCH3 is 1. The first-order valence-electron chi connectivity index (χ1n) is 7.22. The molecule has 0 spiro atoms. The molecule has 0 N–H and O–H groups in total. The third-order valence-corrected chi connectivity index (χ3v) is 4.46. The maximum Gasteiger partial charge on any atom is 0.238 e. The number of hydrogen-bond acceptors (Lipinski definition) is 3. The first-order chi connectivity index (χ1) is 10.0. The molecule has 2 aliphatic rings. The van der Waals surface area contributed by atoms with Gasteiger partial charge in [0.2, 0.25) is 11.8 Å². The Bertz CT molecular complexity index is 635. The molecule has 0 bridgehead atoms. The van der Waals surface area contributed by atoms with Crippen molar-refractivity contribution >= 4 is 17.5 Å². The van der Waals surface area contributed by atoms with E-state index in [9.17, 15) is 9.59 Å². The van der Waals surface area contributed by atoms with Gasteiger partial charge in [0.05, 0.1) is 24.6 Å². The van der Waals surface area contributed by atoms with Gasteiger partial charge in [-0.25, -0.2) is 4.90 Å². The fourth-order valence-corrected chi connectivity index (χ4v) is 3.57. The Kier molecular flexibility index (Phi) is 3.32. The van der Waals surface area contributed by atoms with Crippen LogP contribution in [0.4, 0.5) is 5.69 Å². The maximum atomic E-state index is 12.8. The average Bonchev–Trinajstić information content (AvgIpc) is 2.70. The minimum atomic E-state index is -0.244. The molecule has 1 aromatic rings. The lowest BCUT2D eigenvalue weighted by Crippen LogP contribution is -2.31. The van der Waals surface area contributed by atoms with E-state index in [0.717, 1.165) is 0 Å². The molecule has 2 amide bonds. The molecule has 1 unspecified atom stereocenters. The highest BCUT2D eigenvalue weighted by molar-refractivity contribution is 6.23. The second kappa shape index (κ2) is 5.02. The van der Waals surface area contributed by atoms with Crippen molar-refractivity contribution in [3.05, 3.63) is 35.9 Å². The summed E-state index contributed by atoms with van der Waals surface area (Å²) < 4.78 is 5.30. The van der Waals surface area contributed by atoms with Gasteiger partial charge < -0.3 is 4.74 Å². The van der Waals surface area contributed by atoms with E-state index < -0.39 is 0 Å². The van der Waals surface area contributed by atoms with Gasteiger partial charge in [0.1, 0.15) is 5.75 Å². The van der Waals surface area contributed by atoms with Crippen LogP contribution in [0, 0.1) is 17.8 Å². The van der Waals surface area contributed by atoms with Crippen molar-refractivity contribution < 1.29 is 14.3 Å². The predicted molar refractivity (Wildman–Crippen MR) is 80.0 cm³/mol. The number of carbonyl (C=O) groups is 2. The molecule has 1 saturated heterocycles. The van der Waals surface area contributed by atoms with Crippen molar-refractivity contribution in [1.82, 2.24) is 0 Å². The van der Waals surface area contributed by atoms with Crippen LogP contribution in [0.25, 0.3) is 0 Å². The summed E-state index contributed by atoms with van der Waals surface area (Å²) in [6.07, 6.45) is 2.78. The highest BCUT2D eigenvalue weighted by atomic mass is 16.5. The first kappa shape index (κ1) is 13.9. The number of fused-ring (bicyclic) bond motifs is 1. The van der Waals surface area contributed by atoms with Gasteiger partial charge in [-0.3, -0.25) is 9.59 Å². The quantitative estimate of drug-likeness (QED) is 0.620. The minimum Gasteiger partial charge on any atom is -0.495 e. The number of imide groups is 1. The molecule has 4 heteroatoms. The zero-order valence-electron chi connectivity index (χ0n) is 12.5. The summed E-state index contributed by atoms with van der Waals surface area (Å²) in [6.45, 7) is 4.04. The fraction of sp³-hybridized carbons (Fsp3) is 0.412. The molecular formula is C17H19NO3. The lowest BCUT2D eigenvalue weighted by atomic mass is 9.76. The summed E-state index contributed by atoms with van der Waals surface area (Å²) in [5, 5.41) is 0. The van der Waals surface area contributed by atoms with Crippen LogP contribution in [-0.2, 0) is 9.59 Å². The third-order valence-electron chi connectivity index (χ3n) is 4.46. The Labute approximate surface area is 124 Å². The average molecular weight is 285 g/mol. The zero-order valence-corrected chi connectivity index (χ0v) is 12.5. The molecule has 4 nitrogen and oxygen atoms in total. The Hall–Kier alpha value is -2.10. The van der Waals surface area contributed by atoms with Gasteiger partial charge in [-0.05, 0) is 31.4 Å². The summed E-state index contributed by atoms with van der Waals surface area (Å²) in [5.74, 6) is -0.0387. The fourth-order valence-electron chi connectivity index (χ4n) is 3.57. The number of amides is 2.